The molecular weight excluding hydrogens is 306 g/mol. The van der Waals surface area contributed by atoms with Crippen LogP contribution in [0.1, 0.15) is 12.0 Å². The summed E-state index contributed by atoms with van der Waals surface area (Å²) in [4.78, 5) is 19.5. The SMILES string of the molecule is Nc1ccc(-n2cnc(-c3nc(N)ccc3CCC(=O)O)c2)cc1. The molecule has 0 unspecified atom stereocenters. The van der Waals surface area contributed by atoms with E-state index in [1.54, 1.807) is 18.5 Å². The zero-order chi connectivity index (χ0) is 17.1. The quantitative estimate of drug-likeness (QED) is 0.619. The van der Waals surface area contributed by atoms with Crippen molar-refractivity contribution in [2.75, 3.05) is 11.5 Å². The van der Waals surface area contributed by atoms with Crippen molar-refractivity contribution in [1.82, 2.24) is 14.5 Å². The number of anilines is 2. The third-order valence-corrected chi connectivity index (χ3v) is 3.62. The smallest absolute Gasteiger partial charge is 0.303 e. The number of rotatable bonds is 5. The Morgan fingerprint density at radius 1 is 1.12 bits per heavy atom. The van der Waals surface area contributed by atoms with Crippen molar-refractivity contribution >= 4 is 17.5 Å². The Morgan fingerprint density at radius 2 is 1.88 bits per heavy atom. The van der Waals surface area contributed by atoms with E-state index in [-0.39, 0.29) is 6.42 Å². The molecule has 2 heterocycles. The standard InChI is InChI=1S/C17H17N5O2/c18-12-3-5-13(6-4-12)22-9-14(20-10-22)17-11(2-8-16(23)24)1-7-15(19)21-17/h1,3-7,9-10H,2,8,18H2,(H2,19,21)(H,23,24). The number of aromatic nitrogens is 3. The summed E-state index contributed by atoms with van der Waals surface area (Å²) in [6.45, 7) is 0. The summed E-state index contributed by atoms with van der Waals surface area (Å²) >= 11 is 0. The molecule has 2 aromatic heterocycles. The molecule has 5 N–H and O–H groups in total. The van der Waals surface area contributed by atoms with Crippen LogP contribution in [0.25, 0.3) is 17.1 Å². The number of carboxylic acids is 1. The van der Waals surface area contributed by atoms with Crippen molar-refractivity contribution in [1.29, 1.82) is 0 Å². The number of hydrogen-bond donors (Lipinski definition) is 3. The van der Waals surface area contributed by atoms with Gasteiger partial charge in [0.1, 0.15) is 11.5 Å². The van der Waals surface area contributed by atoms with Crippen LogP contribution in [0.2, 0.25) is 0 Å². The number of nitrogens with zero attached hydrogens (tertiary/aromatic N) is 3. The van der Waals surface area contributed by atoms with Gasteiger partial charge in [0.15, 0.2) is 0 Å². The summed E-state index contributed by atoms with van der Waals surface area (Å²) in [6.07, 6.45) is 3.90. The largest absolute Gasteiger partial charge is 0.481 e. The summed E-state index contributed by atoms with van der Waals surface area (Å²) in [5.74, 6) is -0.490. The highest BCUT2D eigenvalue weighted by Crippen LogP contribution is 2.24. The molecule has 0 fully saturated rings. The van der Waals surface area contributed by atoms with Crippen LogP contribution in [-0.4, -0.2) is 25.6 Å². The van der Waals surface area contributed by atoms with E-state index in [0.29, 0.717) is 29.3 Å². The molecule has 0 aliphatic heterocycles. The lowest BCUT2D eigenvalue weighted by molar-refractivity contribution is -0.136. The molecule has 1 aromatic carbocycles. The van der Waals surface area contributed by atoms with Crippen molar-refractivity contribution in [3.05, 3.63) is 54.5 Å². The fourth-order valence-corrected chi connectivity index (χ4v) is 2.40. The fraction of sp³-hybridized carbons (Fsp3) is 0.118. The first-order valence-corrected chi connectivity index (χ1v) is 7.40. The highest BCUT2D eigenvalue weighted by molar-refractivity contribution is 5.68. The predicted octanol–water partition coefficient (Wildman–Crippen LogP) is 2.12. The van der Waals surface area contributed by atoms with Gasteiger partial charge in [0, 0.05) is 24.0 Å². The highest BCUT2D eigenvalue weighted by atomic mass is 16.4. The van der Waals surface area contributed by atoms with Gasteiger partial charge in [-0.3, -0.25) is 4.79 Å². The van der Waals surface area contributed by atoms with Crippen LogP contribution in [0.15, 0.2) is 48.9 Å². The molecule has 0 radical (unpaired) electrons. The van der Waals surface area contributed by atoms with Crippen molar-refractivity contribution in [2.24, 2.45) is 0 Å². The van der Waals surface area contributed by atoms with Crippen LogP contribution in [-0.2, 0) is 11.2 Å². The molecule has 7 heteroatoms. The van der Waals surface area contributed by atoms with Gasteiger partial charge in [-0.05, 0) is 42.3 Å². The number of aliphatic carboxylic acids is 1. The number of carbonyl (C=O) groups is 1. The lowest BCUT2D eigenvalue weighted by Gasteiger charge is -2.06. The first-order chi connectivity index (χ1) is 11.5. The zero-order valence-corrected chi connectivity index (χ0v) is 12.9. The monoisotopic (exact) mass is 323 g/mol. The van der Waals surface area contributed by atoms with Gasteiger partial charge in [-0.2, -0.15) is 0 Å². The van der Waals surface area contributed by atoms with E-state index in [0.717, 1.165) is 11.3 Å². The van der Waals surface area contributed by atoms with Crippen LogP contribution < -0.4 is 11.5 Å². The molecule has 0 atom stereocenters. The Labute approximate surface area is 138 Å². The van der Waals surface area contributed by atoms with E-state index >= 15 is 0 Å². The Kier molecular flexibility index (Phi) is 4.15. The van der Waals surface area contributed by atoms with Crippen LogP contribution in [0.5, 0.6) is 0 Å². The summed E-state index contributed by atoms with van der Waals surface area (Å²) in [5.41, 5.74) is 15.1. The van der Waals surface area contributed by atoms with Gasteiger partial charge in [-0.25, -0.2) is 9.97 Å². The van der Waals surface area contributed by atoms with E-state index in [1.807, 2.05) is 35.0 Å². The normalized spacial score (nSPS) is 10.7. The minimum atomic E-state index is -0.856. The topological polar surface area (TPSA) is 120 Å². The minimum Gasteiger partial charge on any atom is -0.481 e. The van der Waals surface area contributed by atoms with Gasteiger partial charge in [0.25, 0.3) is 0 Å². The molecule has 0 bridgehead atoms. The minimum absolute atomic E-state index is 0.0251. The van der Waals surface area contributed by atoms with E-state index in [4.69, 9.17) is 16.6 Å². The van der Waals surface area contributed by atoms with Crippen LogP contribution in [0, 0.1) is 0 Å². The third kappa shape index (κ3) is 3.35. The lowest BCUT2D eigenvalue weighted by atomic mass is 10.1. The predicted molar refractivity (Wildman–Crippen MR) is 91.6 cm³/mol. The summed E-state index contributed by atoms with van der Waals surface area (Å²) in [6, 6.07) is 10.9. The van der Waals surface area contributed by atoms with Crippen LogP contribution in [0.4, 0.5) is 11.5 Å². The lowest BCUT2D eigenvalue weighted by Crippen LogP contribution is -2.02. The number of carboxylic acid groups (broad SMARTS) is 1. The van der Waals surface area contributed by atoms with E-state index < -0.39 is 5.97 Å². The first kappa shape index (κ1) is 15.5. The summed E-state index contributed by atoms with van der Waals surface area (Å²) < 4.78 is 1.85. The second-order valence-corrected chi connectivity index (χ2v) is 5.40. The number of pyridine rings is 1. The Balaban J connectivity index is 1.95. The fourth-order valence-electron chi connectivity index (χ4n) is 2.40. The number of nitrogen functional groups attached to an aromatic ring is 2. The molecule has 0 saturated carbocycles. The molecule has 0 amide bonds. The Bertz CT molecular complexity index is 871. The molecule has 0 aliphatic rings. The molecule has 0 spiro atoms. The molecule has 0 saturated heterocycles. The van der Waals surface area contributed by atoms with Gasteiger partial charge in [0.2, 0.25) is 0 Å². The van der Waals surface area contributed by atoms with E-state index in [9.17, 15) is 4.79 Å². The molecule has 0 aliphatic carbocycles. The second kappa shape index (κ2) is 6.41. The van der Waals surface area contributed by atoms with Gasteiger partial charge in [-0.15, -0.1) is 0 Å². The number of nitrogens with two attached hydrogens (primary N) is 2. The van der Waals surface area contributed by atoms with Crippen molar-refractivity contribution < 1.29 is 9.90 Å². The number of benzene rings is 1. The van der Waals surface area contributed by atoms with Gasteiger partial charge < -0.3 is 21.1 Å². The summed E-state index contributed by atoms with van der Waals surface area (Å²) in [5, 5.41) is 8.89. The zero-order valence-electron chi connectivity index (χ0n) is 12.9. The van der Waals surface area contributed by atoms with Crippen molar-refractivity contribution in [3.63, 3.8) is 0 Å². The highest BCUT2D eigenvalue weighted by Gasteiger charge is 2.12. The van der Waals surface area contributed by atoms with Gasteiger partial charge >= 0.3 is 5.97 Å². The van der Waals surface area contributed by atoms with Crippen LogP contribution >= 0.6 is 0 Å². The van der Waals surface area contributed by atoms with Gasteiger partial charge in [0.05, 0.1) is 12.0 Å². The number of hydrogen-bond acceptors (Lipinski definition) is 5. The second-order valence-electron chi connectivity index (χ2n) is 5.40. The van der Waals surface area contributed by atoms with Crippen molar-refractivity contribution in [2.45, 2.75) is 12.8 Å². The summed E-state index contributed by atoms with van der Waals surface area (Å²) in [7, 11) is 0. The van der Waals surface area contributed by atoms with E-state index in [2.05, 4.69) is 9.97 Å². The third-order valence-electron chi connectivity index (χ3n) is 3.62. The molecule has 3 rings (SSSR count). The first-order valence-electron chi connectivity index (χ1n) is 7.40. The van der Waals surface area contributed by atoms with Gasteiger partial charge in [-0.1, -0.05) is 6.07 Å². The maximum absolute atomic E-state index is 10.8. The number of aryl methyl sites for hydroxylation is 1. The number of imidazole rings is 1. The maximum atomic E-state index is 10.8. The van der Waals surface area contributed by atoms with Crippen LogP contribution in [0.3, 0.4) is 0 Å². The Hall–Kier alpha value is -3.35. The molecule has 122 valence electrons. The molecular formula is C17H17N5O2. The molecule has 24 heavy (non-hydrogen) atoms. The average Bonchev–Trinajstić information content (AvgIpc) is 3.04. The Morgan fingerprint density at radius 3 is 2.58 bits per heavy atom. The molecule has 7 nitrogen and oxygen atoms in total. The average molecular weight is 323 g/mol. The maximum Gasteiger partial charge on any atom is 0.303 e. The van der Waals surface area contributed by atoms with E-state index in [1.165, 1.54) is 0 Å². The molecule has 3 aromatic rings. The van der Waals surface area contributed by atoms with Crippen molar-refractivity contribution in [3.8, 4) is 17.1 Å².